The zero-order valence-corrected chi connectivity index (χ0v) is 15.8. The summed E-state index contributed by atoms with van der Waals surface area (Å²) >= 11 is 0. The van der Waals surface area contributed by atoms with Gasteiger partial charge in [-0.15, -0.1) is 0 Å². The van der Waals surface area contributed by atoms with Gasteiger partial charge in [-0.1, -0.05) is 6.07 Å². The van der Waals surface area contributed by atoms with E-state index in [0.717, 1.165) is 30.8 Å². The lowest BCUT2D eigenvalue weighted by atomic mass is 10.1. The third-order valence-corrected chi connectivity index (χ3v) is 4.90. The number of imide groups is 1. The van der Waals surface area contributed by atoms with E-state index in [0.29, 0.717) is 17.9 Å². The molecule has 0 spiro atoms. The third kappa shape index (κ3) is 4.57. The van der Waals surface area contributed by atoms with E-state index in [-0.39, 0.29) is 30.6 Å². The molecule has 0 aliphatic carbocycles. The molecule has 1 N–H and O–H groups in total. The highest BCUT2D eigenvalue weighted by molar-refractivity contribution is 6.19. The van der Waals surface area contributed by atoms with Crippen LogP contribution in [-0.4, -0.2) is 67.7 Å². The van der Waals surface area contributed by atoms with Crippen molar-refractivity contribution in [1.29, 1.82) is 0 Å². The van der Waals surface area contributed by atoms with Crippen LogP contribution in [0.4, 0.5) is 21.0 Å². The molecule has 2 heterocycles. The molecule has 2 aliphatic heterocycles. The Morgan fingerprint density at radius 2 is 2.15 bits per heavy atom. The Morgan fingerprint density at radius 1 is 1.33 bits per heavy atom. The number of benzene rings is 1. The van der Waals surface area contributed by atoms with Gasteiger partial charge >= 0.3 is 12.1 Å². The molecule has 0 saturated carbocycles. The number of carbonyl (C=O) groups is 3. The lowest BCUT2D eigenvalue weighted by Gasteiger charge is -2.25. The first-order valence-electron chi connectivity index (χ1n) is 9.27. The van der Waals surface area contributed by atoms with E-state index < -0.39 is 0 Å². The first-order chi connectivity index (χ1) is 13.0. The fraction of sp³-hybridized carbons (Fsp3) is 0.526. The second-order valence-corrected chi connectivity index (χ2v) is 7.05. The second kappa shape index (κ2) is 8.39. The molecule has 1 aromatic carbocycles. The van der Waals surface area contributed by atoms with Gasteiger partial charge in [0.15, 0.2) is 0 Å². The first-order valence-corrected chi connectivity index (χ1v) is 9.27. The van der Waals surface area contributed by atoms with Gasteiger partial charge in [-0.05, 0) is 43.9 Å². The van der Waals surface area contributed by atoms with Crippen LogP contribution in [0.2, 0.25) is 0 Å². The number of urea groups is 2. The number of nitrogens with one attached hydrogen (secondary N) is 1. The molecule has 8 heteroatoms. The Morgan fingerprint density at radius 3 is 2.81 bits per heavy atom. The summed E-state index contributed by atoms with van der Waals surface area (Å²) in [4.78, 5) is 40.7. The van der Waals surface area contributed by atoms with Crippen LogP contribution in [0.3, 0.4) is 0 Å². The third-order valence-electron chi connectivity index (χ3n) is 4.90. The topological polar surface area (TPSA) is 82.2 Å². The molecule has 27 heavy (non-hydrogen) atoms. The van der Waals surface area contributed by atoms with Crippen molar-refractivity contribution in [2.45, 2.75) is 31.8 Å². The summed E-state index contributed by atoms with van der Waals surface area (Å²) < 4.78 is 5.70. The van der Waals surface area contributed by atoms with E-state index in [2.05, 4.69) is 5.32 Å². The molecule has 5 amide bonds. The van der Waals surface area contributed by atoms with Crippen LogP contribution in [0.1, 0.15) is 25.7 Å². The molecule has 1 atom stereocenters. The van der Waals surface area contributed by atoms with Crippen LogP contribution in [0.25, 0.3) is 0 Å². The van der Waals surface area contributed by atoms with Gasteiger partial charge < -0.3 is 19.9 Å². The summed E-state index contributed by atoms with van der Waals surface area (Å²) in [5, 5.41) is 2.82. The number of ether oxygens (including phenoxy) is 1. The van der Waals surface area contributed by atoms with Crippen LogP contribution in [0.5, 0.6) is 0 Å². The smallest absolute Gasteiger partial charge is 0.331 e. The molecule has 2 aliphatic rings. The fourth-order valence-corrected chi connectivity index (χ4v) is 3.29. The average Bonchev–Trinajstić information content (AvgIpc) is 2.92. The highest BCUT2D eigenvalue weighted by atomic mass is 16.5. The van der Waals surface area contributed by atoms with Crippen LogP contribution < -0.4 is 10.2 Å². The van der Waals surface area contributed by atoms with Gasteiger partial charge in [-0.25, -0.2) is 14.5 Å². The van der Waals surface area contributed by atoms with Crippen molar-refractivity contribution in [2.24, 2.45) is 0 Å². The molecule has 3 rings (SSSR count). The minimum absolute atomic E-state index is 0.0569. The summed E-state index contributed by atoms with van der Waals surface area (Å²) in [5.74, 6) is -0.282. The monoisotopic (exact) mass is 374 g/mol. The van der Waals surface area contributed by atoms with E-state index >= 15 is 0 Å². The lowest BCUT2D eigenvalue weighted by molar-refractivity contribution is -0.116. The van der Waals surface area contributed by atoms with Crippen molar-refractivity contribution >= 4 is 29.3 Å². The summed E-state index contributed by atoms with van der Waals surface area (Å²) in [6, 6.07) is 6.14. The molecule has 0 radical (unpaired) electrons. The highest BCUT2D eigenvalue weighted by Crippen LogP contribution is 2.24. The van der Waals surface area contributed by atoms with Gasteiger partial charge in [0, 0.05) is 32.9 Å². The first kappa shape index (κ1) is 19.2. The van der Waals surface area contributed by atoms with E-state index in [9.17, 15) is 14.4 Å². The summed E-state index contributed by atoms with van der Waals surface area (Å²) in [6.07, 6.45) is 4.37. The van der Waals surface area contributed by atoms with Gasteiger partial charge in [-0.2, -0.15) is 0 Å². The Kier molecular flexibility index (Phi) is 5.95. The summed E-state index contributed by atoms with van der Waals surface area (Å²) in [7, 11) is 3.32. The fourth-order valence-electron chi connectivity index (χ4n) is 3.29. The number of rotatable bonds is 5. The number of hydrogen-bond donors (Lipinski definition) is 1. The largest absolute Gasteiger partial charge is 0.378 e. The number of nitrogens with zero attached hydrogens (tertiary/aromatic N) is 3. The number of likely N-dealkylation sites (N-methyl/N-ethyl adjacent to an activating group) is 1. The van der Waals surface area contributed by atoms with E-state index in [1.165, 1.54) is 11.3 Å². The van der Waals surface area contributed by atoms with Crippen molar-refractivity contribution in [1.82, 2.24) is 9.80 Å². The van der Waals surface area contributed by atoms with E-state index in [4.69, 9.17) is 4.74 Å². The van der Waals surface area contributed by atoms with Crippen molar-refractivity contribution < 1.29 is 19.1 Å². The van der Waals surface area contributed by atoms with E-state index in [1.54, 1.807) is 43.3 Å². The minimum Gasteiger partial charge on any atom is -0.378 e. The Hall–Kier alpha value is -2.61. The van der Waals surface area contributed by atoms with E-state index in [1.807, 2.05) is 0 Å². The van der Waals surface area contributed by atoms with Gasteiger partial charge in [0.25, 0.3) is 5.91 Å². The van der Waals surface area contributed by atoms with Crippen LogP contribution in [0, 0.1) is 0 Å². The lowest BCUT2D eigenvalue weighted by Crippen LogP contribution is -2.35. The molecule has 146 valence electrons. The van der Waals surface area contributed by atoms with Crippen LogP contribution in [0.15, 0.2) is 24.3 Å². The highest BCUT2D eigenvalue weighted by Gasteiger charge is 2.34. The second-order valence-electron chi connectivity index (χ2n) is 7.05. The Balaban J connectivity index is 1.57. The minimum atomic E-state index is -0.368. The maximum Gasteiger partial charge on any atom is 0.331 e. The van der Waals surface area contributed by atoms with Gasteiger partial charge in [0.1, 0.15) is 6.54 Å². The van der Waals surface area contributed by atoms with Crippen molar-refractivity contribution in [3.63, 3.8) is 0 Å². The predicted octanol–water partition coefficient (Wildman–Crippen LogP) is 2.51. The Bertz CT molecular complexity index is 717. The molecule has 0 bridgehead atoms. The molecular weight excluding hydrogens is 348 g/mol. The SMILES string of the molecule is CN(CCC1CCCCO1)C(=O)Nc1cccc(N2C(=O)CN(C)C2=O)c1. The summed E-state index contributed by atoms with van der Waals surface area (Å²) in [6.45, 7) is 1.46. The van der Waals surface area contributed by atoms with Gasteiger partial charge in [-0.3, -0.25) is 4.79 Å². The number of anilines is 2. The number of hydrogen-bond acceptors (Lipinski definition) is 4. The predicted molar refractivity (Wildman–Crippen MR) is 102 cm³/mol. The standard InChI is InChI=1S/C19H26N4O4/c1-21(10-9-16-8-3-4-11-27-16)18(25)20-14-6-5-7-15(12-14)23-17(24)13-22(2)19(23)26/h5-7,12,16H,3-4,8-11,13H2,1-2H3,(H,20,25). The van der Waals surface area contributed by atoms with Crippen LogP contribution in [-0.2, 0) is 9.53 Å². The number of carbonyl (C=O) groups excluding carboxylic acids is 3. The zero-order chi connectivity index (χ0) is 19.4. The van der Waals surface area contributed by atoms with Crippen molar-refractivity contribution in [2.75, 3.05) is 44.0 Å². The molecular formula is C19H26N4O4. The molecule has 1 unspecified atom stereocenters. The van der Waals surface area contributed by atoms with Gasteiger partial charge in [0.2, 0.25) is 0 Å². The molecule has 2 fully saturated rings. The molecule has 8 nitrogen and oxygen atoms in total. The zero-order valence-electron chi connectivity index (χ0n) is 15.8. The number of amides is 5. The molecule has 1 aromatic rings. The van der Waals surface area contributed by atoms with Crippen molar-refractivity contribution in [3.05, 3.63) is 24.3 Å². The maximum absolute atomic E-state index is 12.4. The van der Waals surface area contributed by atoms with Crippen LogP contribution >= 0.6 is 0 Å². The maximum atomic E-state index is 12.4. The van der Waals surface area contributed by atoms with Crippen molar-refractivity contribution in [3.8, 4) is 0 Å². The average molecular weight is 374 g/mol. The quantitative estimate of drug-likeness (QED) is 0.803. The molecule has 2 saturated heterocycles. The normalized spacial score (nSPS) is 20.1. The summed E-state index contributed by atoms with van der Waals surface area (Å²) in [5.41, 5.74) is 0.985. The van der Waals surface area contributed by atoms with Gasteiger partial charge in [0.05, 0.1) is 11.8 Å². The Labute approximate surface area is 159 Å². The molecule has 0 aromatic heterocycles.